The normalized spacial score (nSPS) is 18.6. The first kappa shape index (κ1) is 37.3. The second kappa shape index (κ2) is 22.0. The number of benzene rings is 2. The number of hydrogen-bond acceptors (Lipinski definition) is 5. The van der Waals surface area contributed by atoms with Crippen molar-refractivity contribution >= 4 is 24.4 Å². The zero-order valence-corrected chi connectivity index (χ0v) is 26.0. The highest BCUT2D eigenvalue weighted by Gasteiger charge is 2.33. The van der Waals surface area contributed by atoms with Crippen molar-refractivity contribution in [1.29, 1.82) is 5.26 Å². The van der Waals surface area contributed by atoms with E-state index in [1.165, 1.54) is 24.3 Å². The number of amides is 3. The predicted octanol–water partition coefficient (Wildman–Crippen LogP) is 5.59. The minimum atomic E-state index is -0.326. The molecule has 3 unspecified atom stereocenters. The quantitative estimate of drug-likeness (QED) is 0.460. The summed E-state index contributed by atoms with van der Waals surface area (Å²) in [5.74, 6) is 0.209. The second-order valence-corrected chi connectivity index (χ2v) is 11.8. The van der Waals surface area contributed by atoms with Gasteiger partial charge in [-0.1, -0.05) is 89.2 Å². The third kappa shape index (κ3) is 21.8. The third-order valence-corrected chi connectivity index (χ3v) is 5.52. The number of carbonyl (C=O) groups excluding carboxylic acids is 3. The van der Waals surface area contributed by atoms with E-state index >= 15 is 0 Å². The third-order valence-electron chi connectivity index (χ3n) is 5.52. The topological polar surface area (TPSA) is 106 Å². The molecule has 0 aliphatic carbocycles. The molecular weight excluding hydrogens is 514 g/mol. The summed E-state index contributed by atoms with van der Waals surface area (Å²) in [6.07, 6.45) is 4.75. The van der Waals surface area contributed by atoms with Gasteiger partial charge in [0.2, 0.25) is 18.7 Å². The standard InChI is InChI=1S/C10H15N3O2.C7H7NO.C6H6.C5H11N.C5H12/c1-8-3-9(4-11)13(5-8)10(15)6-12(2)7-14;9-6-8-7-4-2-1-3-5-7;1-2-4-6-5-3-1;1-5-3-2-4-6-5;1-5(2,3)4/h7-9H,3,5-6H2,1-2H3;1-6H,(H,8,9);1-6H;5-6H,2-4H2,1H3;1-4H3. The molecular formula is C33H51N5O3. The Kier molecular flexibility index (Phi) is 20.1. The molecule has 2 fully saturated rings. The van der Waals surface area contributed by atoms with Gasteiger partial charge in [-0.15, -0.1) is 0 Å². The average molecular weight is 566 g/mol. The van der Waals surface area contributed by atoms with Gasteiger partial charge in [-0.25, -0.2) is 0 Å². The Labute approximate surface area is 248 Å². The molecule has 2 aromatic carbocycles. The van der Waals surface area contributed by atoms with Gasteiger partial charge in [0.25, 0.3) is 0 Å². The molecule has 2 aliphatic rings. The fourth-order valence-electron chi connectivity index (χ4n) is 3.63. The SMILES string of the molecule is CC(C)(C)C.CC1CC(C#N)N(C(=O)CN(C)C=O)C1.CC1CCCN1.O=CNc1ccccc1.c1ccccc1. The molecule has 0 saturated carbocycles. The van der Waals surface area contributed by atoms with E-state index in [1.807, 2.05) is 73.7 Å². The lowest BCUT2D eigenvalue weighted by Crippen LogP contribution is -2.41. The van der Waals surface area contributed by atoms with Crippen molar-refractivity contribution in [3.63, 3.8) is 0 Å². The van der Waals surface area contributed by atoms with Crippen LogP contribution in [0.25, 0.3) is 0 Å². The molecule has 2 aliphatic heterocycles. The van der Waals surface area contributed by atoms with Crippen LogP contribution >= 0.6 is 0 Å². The van der Waals surface area contributed by atoms with Gasteiger partial charge in [0.1, 0.15) is 6.04 Å². The van der Waals surface area contributed by atoms with Crippen LogP contribution in [-0.4, -0.2) is 67.3 Å². The number of likely N-dealkylation sites (tertiary alicyclic amines) is 1. The summed E-state index contributed by atoms with van der Waals surface area (Å²) in [5, 5.41) is 14.7. The molecule has 2 saturated heterocycles. The summed E-state index contributed by atoms with van der Waals surface area (Å²) in [6, 6.07) is 23.9. The number of nitrogens with one attached hydrogen (secondary N) is 2. The van der Waals surface area contributed by atoms with Crippen molar-refractivity contribution < 1.29 is 14.4 Å². The first-order valence-corrected chi connectivity index (χ1v) is 14.2. The summed E-state index contributed by atoms with van der Waals surface area (Å²) >= 11 is 0. The molecule has 4 rings (SSSR count). The van der Waals surface area contributed by atoms with Gasteiger partial charge in [0, 0.05) is 25.3 Å². The number of hydrogen-bond donors (Lipinski definition) is 2. The Morgan fingerprint density at radius 1 is 1.05 bits per heavy atom. The highest BCUT2D eigenvalue weighted by Crippen LogP contribution is 2.22. The zero-order valence-electron chi connectivity index (χ0n) is 26.0. The molecule has 8 nitrogen and oxygen atoms in total. The van der Waals surface area contributed by atoms with E-state index in [9.17, 15) is 14.4 Å². The fourth-order valence-corrected chi connectivity index (χ4v) is 3.63. The number of likely N-dealkylation sites (N-methyl/N-ethyl adjacent to an activating group) is 1. The Balaban J connectivity index is 0.000000525. The minimum absolute atomic E-state index is 0.0500. The second-order valence-electron chi connectivity index (χ2n) is 11.8. The first-order chi connectivity index (χ1) is 19.4. The maximum absolute atomic E-state index is 11.7. The van der Waals surface area contributed by atoms with Gasteiger partial charge < -0.3 is 20.4 Å². The summed E-state index contributed by atoms with van der Waals surface area (Å²) in [6.45, 7) is 14.9. The van der Waals surface area contributed by atoms with E-state index in [4.69, 9.17) is 5.26 Å². The van der Waals surface area contributed by atoms with Gasteiger partial charge >= 0.3 is 0 Å². The lowest BCUT2D eigenvalue weighted by Gasteiger charge is -2.21. The number of nitriles is 1. The van der Waals surface area contributed by atoms with Gasteiger partial charge in [0.15, 0.2) is 0 Å². The Bertz CT molecular complexity index is 951. The molecule has 2 aromatic rings. The zero-order chi connectivity index (χ0) is 31.1. The largest absolute Gasteiger partial charge is 0.339 e. The van der Waals surface area contributed by atoms with Crippen molar-refractivity contribution in [2.24, 2.45) is 11.3 Å². The molecule has 0 radical (unpaired) electrons. The molecule has 8 heteroatoms. The minimum Gasteiger partial charge on any atom is -0.339 e. The van der Waals surface area contributed by atoms with E-state index in [0.717, 1.165) is 18.2 Å². The fraction of sp³-hybridized carbons (Fsp3) is 0.515. The maximum Gasteiger partial charge on any atom is 0.243 e. The smallest absolute Gasteiger partial charge is 0.243 e. The van der Waals surface area contributed by atoms with Gasteiger partial charge in [-0.3, -0.25) is 14.4 Å². The Morgan fingerprint density at radius 2 is 1.56 bits per heavy atom. The molecule has 0 aromatic heterocycles. The molecule has 3 atom stereocenters. The Hall–Kier alpha value is -3.70. The van der Waals surface area contributed by atoms with E-state index in [1.54, 1.807) is 11.9 Å². The van der Waals surface area contributed by atoms with Crippen molar-refractivity contribution in [3.05, 3.63) is 66.7 Å². The number of para-hydroxylation sites is 1. The van der Waals surface area contributed by atoms with E-state index in [0.29, 0.717) is 30.7 Å². The van der Waals surface area contributed by atoms with Crippen LogP contribution in [0.15, 0.2) is 66.7 Å². The van der Waals surface area contributed by atoms with Crippen molar-refractivity contribution in [1.82, 2.24) is 15.1 Å². The van der Waals surface area contributed by atoms with Crippen LogP contribution in [0.5, 0.6) is 0 Å². The summed E-state index contributed by atoms with van der Waals surface area (Å²) in [4.78, 5) is 34.8. The van der Waals surface area contributed by atoms with Crippen LogP contribution in [0.3, 0.4) is 0 Å². The van der Waals surface area contributed by atoms with Crippen molar-refractivity contribution in [2.75, 3.05) is 32.0 Å². The maximum atomic E-state index is 11.7. The van der Waals surface area contributed by atoms with Crippen LogP contribution in [0.4, 0.5) is 5.69 Å². The highest BCUT2D eigenvalue weighted by molar-refractivity contribution is 5.80. The van der Waals surface area contributed by atoms with E-state index in [2.05, 4.69) is 51.3 Å². The Morgan fingerprint density at radius 3 is 1.93 bits per heavy atom. The van der Waals surface area contributed by atoms with E-state index < -0.39 is 0 Å². The monoisotopic (exact) mass is 565 g/mol. The van der Waals surface area contributed by atoms with Crippen LogP contribution in [0, 0.1) is 22.7 Å². The summed E-state index contributed by atoms with van der Waals surface area (Å²) in [7, 11) is 1.55. The van der Waals surface area contributed by atoms with Gasteiger partial charge in [-0.05, 0) is 56.2 Å². The van der Waals surface area contributed by atoms with Crippen molar-refractivity contribution in [3.8, 4) is 6.07 Å². The predicted molar refractivity (Wildman–Crippen MR) is 168 cm³/mol. The molecule has 2 heterocycles. The van der Waals surface area contributed by atoms with E-state index in [-0.39, 0.29) is 18.5 Å². The van der Waals surface area contributed by atoms with Crippen LogP contribution in [-0.2, 0) is 14.4 Å². The molecule has 2 N–H and O–H groups in total. The molecule has 41 heavy (non-hydrogen) atoms. The first-order valence-electron chi connectivity index (χ1n) is 14.2. The lowest BCUT2D eigenvalue weighted by molar-refractivity contribution is -0.135. The summed E-state index contributed by atoms with van der Waals surface area (Å²) in [5.41, 5.74) is 1.33. The molecule has 3 amide bonds. The average Bonchev–Trinajstić information content (AvgIpc) is 3.58. The summed E-state index contributed by atoms with van der Waals surface area (Å²) < 4.78 is 0. The lowest BCUT2D eigenvalue weighted by atomic mass is 10.0. The number of carbonyl (C=O) groups is 3. The van der Waals surface area contributed by atoms with Crippen LogP contribution < -0.4 is 10.6 Å². The number of rotatable bonds is 5. The van der Waals surface area contributed by atoms with Gasteiger partial charge in [-0.2, -0.15) is 5.26 Å². The number of nitrogens with zero attached hydrogens (tertiary/aromatic N) is 3. The molecule has 0 spiro atoms. The van der Waals surface area contributed by atoms with Crippen molar-refractivity contribution in [2.45, 2.75) is 72.9 Å². The van der Waals surface area contributed by atoms with Crippen LogP contribution in [0.1, 0.15) is 60.8 Å². The van der Waals surface area contributed by atoms with Gasteiger partial charge in [0.05, 0.1) is 12.6 Å². The molecule has 226 valence electrons. The highest BCUT2D eigenvalue weighted by atomic mass is 16.2. The molecule has 0 bridgehead atoms. The number of anilines is 1. The van der Waals surface area contributed by atoms with Crippen LogP contribution in [0.2, 0.25) is 0 Å².